The number of likely N-dealkylation sites (tertiary alicyclic amines) is 1. The van der Waals surface area contributed by atoms with Gasteiger partial charge in [-0.25, -0.2) is 9.18 Å². The van der Waals surface area contributed by atoms with Crippen LogP contribution in [0.25, 0.3) is 0 Å². The van der Waals surface area contributed by atoms with E-state index in [4.69, 9.17) is 5.11 Å². The molecule has 1 aromatic carbocycles. The van der Waals surface area contributed by atoms with Gasteiger partial charge in [-0.15, -0.1) is 0 Å². The van der Waals surface area contributed by atoms with Crippen molar-refractivity contribution in [3.8, 4) is 0 Å². The summed E-state index contributed by atoms with van der Waals surface area (Å²) in [7, 11) is 0. The van der Waals surface area contributed by atoms with Crippen LogP contribution in [-0.4, -0.2) is 45.7 Å². The Labute approximate surface area is 109 Å². The summed E-state index contributed by atoms with van der Waals surface area (Å²) in [6.07, 6.45) is -1.03. The molecular formula is C13H14FNO4. The number of carboxylic acid groups (broad SMARTS) is 1. The van der Waals surface area contributed by atoms with Gasteiger partial charge in [0.25, 0.3) is 0 Å². The van der Waals surface area contributed by atoms with E-state index >= 15 is 0 Å². The molecule has 1 aromatic rings. The van der Waals surface area contributed by atoms with Gasteiger partial charge in [0.15, 0.2) is 0 Å². The van der Waals surface area contributed by atoms with Crippen LogP contribution in [0.3, 0.4) is 0 Å². The monoisotopic (exact) mass is 267 g/mol. The van der Waals surface area contributed by atoms with Crippen LogP contribution in [0.5, 0.6) is 0 Å². The lowest BCUT2D eigenvalue weighted by Gasteiger charge is -2.21. The lowest BCUT2D eigenvalue weighted by molar-refractivity contribution is -0.148. The van der Waals surface area contributed by atoms with Crippen molar-refractivity contribution < 1.29 is 24.2 Å². The Bertz CT molecular complexity index is 505. The molecule has 1 aliphatic heterocycles. The fraction of sp³-hybridized carbons (Fsp3) is 0.385. The highest BCUT2D eigenvalue weighted by Crippen LogP contribution is 2.20. The molecule has 1 aliphatic rings. The number of aliphatic hydroxyl groups is 1. The first-order valence-corrected chi connectivity index (χ1v) is 5.92. The first-order chi connectivity index (χ1) is 8.99. The molecule has 1 saturated heterocycles. The second-order valence-corrected chi connectivity index (χ2v) is 4.56. The molecule has 1 fully saturated rings. The van der Waals surface area contributed by atoms with Crippen molar-refractivity contribution >= 4 is 11.9 Å². The van der Waals surface area contributed by atoms with Gasteiger partial charge in [0, 0.05) is 13.0 Å². The van der Waals surface area contributed by atoms with Crippen LogP contribution >= 0.6 is 0 Å². The predicted molar refractivity (Wildman–Crippen MR) is 63.9 cm³/mol. The number of aliphatic carboxylic acids is 1. The minimum absolute atomic E-state index is 0.0122. The maximum absolute atomic E-state index is 13.4. The van der Waals surface area contributed by atoms with Crippen molar-refractivity contribution in [1.29, 1.82) is 0 Å². The van der Waals surface area contributed by atoms with Gasteiger partial charge in [-0.05, 0) is 11.6 Å². The van der Waals surface area contributed by atoms with Crippen molar-refractivity contribution in [2.24, 2.45) is 0 Å². The summed E-state index contributed by atoms with van der Waals surface area (Å²) in [5, 5.41) is 18.4. The van der Waals surface area contributed by atoms with Crippen molar-refractivity contribution in [3.05, 3.63) is 35.6 Å². The standard InChI is InChI=1S/C13H14FNO4/c14-10-4-2-1-3-8(10)5-12(17)15-7-9(16)6-11(15)13(18)19/h1-4,9,11,16H,5-7H2,(H,18,19)/t9?,11-/m0/s1. The number of hydrogen-bond donors (Lipinski definition) is 2. The second kappa shape index (κ2) is 5.36. The molecule has 0 bridgehead atoms. The van der Waals surface area contributed by atoms with E-state index in [2.05, 4.69) is 0 Å². The zero-order chi connectivity index (χ0) is 14.0. The van der Waals surface area contributed by atoms with Crippen molar-refractivity contribution in [3.63, 3.8) is 0 Å². The number of nitrogens with zero attached hydrogens (tertiary/aromatic N) is 1. The summed E-state index contributed by atoms with van der Waals surface area (Å²) in [5.74, 6) is -2.14. The molecule has 6 heteroatoms. The van der Waals surface area contributed by atoms with E-state index in [0.717, 1.165) is 4.90 Å². The smallest absolute Gasteiger partial charge is 0.326 e. The van der Waals surface area contributed by atoms with Gasteiger partial charge in [0.05, 0.1) is 12.5 Å². The first kappa shape index (κ1) is 13.5. The SMILES string of the molecule is O=C(O)[C@@H]1CC(O)CN1C(=O)Cc1ccccc1F. The van der Waals surface area contributed by atoms with Crippen molar-refractivity contribution in [2.45, 2.75) is 25.0 Å². The Morgan fingerprint density at radius 3 is 2.68 bits per heavy atom. The quantitative estimate of drug-likeness (QED) is 0.831. The van der Waals surface area contributed by atoms with Gasteiger partial charge in [-0.1, -0.05) is 18.2 Å². The molecule has 2 N–H and O–H groups in total. The third kappa shape index (κ3) is 2.90. The lowest BCUT2D eigenvalue weighted by atomic mass is 10.1. The third-order valence-electron chi connectivity index (χ3n) is 3.18. The van der Waals surface area contributed by atoms with Crippen LogP contribution in [0.4, 0.5) is 4.39 Å². The highest BCUT2D eigenvalue weighted by molar-refractivity contribution is 5.85. The van der Waals surface area contributed by atoms with E-state index in [1.807, 2.05) is 0 Å². The molecule has 2 atom stereocenters. The summed E-state index contributed by atoms with van der Waals surface area (Å²) in [4.78, 5) is 24.1. The number of carbonyl (C=O) groups is 2. The molecule has 5 nitrogen and oxygen atoms in total. The van der Waals surface area contributed by atoms with Crippen molar-refractivity contribution in [1.82, 2.24) is 4.90 Å². The average Bonchev–Trinajstić information content (AvgIpc) is 2.74. The predicted octanol–water partition coefficient (Wildman–Crippen LogP) is 0.415. The zero-order valence-electron chi connectivity index (χ0n) is 10.1. The minimum Gasteiger partial charge on any atom is -0.480 e. The summed E-state index contributed by atoms with van der Waals surface area (Å²) in [6, 6.07) is 4.82. The number of carbonyl (C=O) groups excluding carboxylic acids is 1. The largest absolute Gasteiger partial charge is 0.480 e. The Hall–Kier alpha value is -1.95. The molecule has 2 rings (SSSR count). The van der Waals surface area contributed by atoms with Crippen LogP contribution < -0.4 is 0 Å². The molecule has 0 aromatic heterocycles. The second-order valence-electron chi connectivity index (χ2n) is 4.56. The average molecular weight is 267 g/mol. The van der Waals surface area contributed by atoms with E-state index in [1.54, 1.807) is 6.07 Å². The lowest BCUT2D eigenvalue weighted by Crippen LogP contribution is -2.41. The van der Waals surface area contributed by atoms with Gasteiger partial charge >= 0.3 is 5.97 Å². The van der Waals surface area contributed by atoms with E-state index in [1.165, 1.54) is 18.2 Å². The molecule has 0 radical (unpaired) electrons. The number of hydrogen-bond acceptors (Lipinski definition) is 3. The van der Waals surface area contributed by atoms with Gasteiger partial charge in [-0.2, -0.15) is 0 Å². The number of benzene rings is 1. The molecule has 0 spiro atoms. The van der Waals surface area contributed by atoms with Gasteiger partial charge in [-0.3, -0.25) is 4.79 Å². The Balaban J connectivity index is 2.11. The van der Waals surface area contributed by atoms with Gasteiger partial charge in [0.1, 0.15) is 11.9 Å². The number of carboxylic acids is 1. The van der Waals surface area contributed by atoms with Gasteiger partial charge in [0.2, 0.25) is 5.91 Å². The molecule has 0 saturated carbocycles. The van der Waals surface area contributed by atoms with Crippen LogP contribution in [0, 0.1) is 5.82 Å². The molecule has 0 aliphatic carbocycles. The fourth-order valence-corrected chi connectivity index (χ4v) is 2.23. The maximum atomic E-state index is 13.4. The summed E-state index contributed by atoms with van der Waals surface area (Å²) >= 11 is 0. The number of amides is 1. The fourth-order valence-electron chi connectivity index (χ4n) is 2.23. The van der Waals surface area contributed by atoms with E-state index in [-0.39, 0.29) is 24.9 Å². The highest BCUT2D eigenvalue weighted by Gasteiger charge is 2.38. The molecule has 1 unspecified atom stereocenters. The van der Waals surface area contributed by atoms with Crippen LogP contribution in [0.15, 0.2) is 24.3 Å². The number of β-amino-alcohol motifs (C(OH)–C–C–N with tert-alkyl or cyclic N) is 1. The summed E-state index contributed by atoms with van der Waals surface area (Å²) < 4.78 is 13.4. The van der Waals surface area contributed by atoms with E-state index < -0.39 is 29.8 Å². The number of halogens is 1. The van der Waals surface area contributed by atoms with Crippen LogP contribution in [0.2, 0.25) is 0 Å². The normalized spacial score (nSPS) is 22.5. The minimum atomic E-state index is -1.15. The van der Waals surface area contributed by atoms with Crippen LogP contribution in [0.1, 0.15) is 12.0 Å². The molecular weight excluding hydrogens is 253 g/mol. The first-order valence-electron chi connectivity index (χ1n) is 5.92. The van der Waals surface area contributed by atoms with Crippen LogP contribution in [-0.2, 0) is 16.0 Å². The van der Waals surface area contributed by atoms with Crippen molar-refractivity contribution in [2.75, 3.05) is 6.54 Å². The summed E-state index contributed by atoms with van der Waals surface area (Å²) in [5.41, 5.74) is 0.220. The summed E-state index contributed by atoms with van der Waals surface area (Å²) in [6.45, 7) is -0.0236. The number of rotatable bonds is 3. The van der Waals surface area contributed by atoms with E-state index in [0.29, 0.717) is 0 Å². The number of aliphatic hydroxyl groups excluding tert-OH is 1. The Kier molecular flexibility index (Phi) is 3.80. The van der Waals surface area contributed by atoms with E-state index in [9.17, 15) is 19.1 Å². The zero-order valence-corrected chi connectivity index (χ0v) is 10.1. The third-order valence-corrected chi connectivity index (χ3v) is 3.18. The Morgan fingerprint density at radius 1 is 1.37 bits per heavy atom. The Morgan fingerprint density at radius 2 is 2.05 bits per heavy atom. The highest BCUT2D eigenvalue weighted by atomic mass is 19.1. The maximum Gasteiger partial charge on any atom is 0.326 e. The molecule has 102 valence electrons. The topological polar surface area (TPSA) is 77.8 Å². The molecule has 1 amide bonds. The molecule has 1 heterocycles. The molecule has 19 heavy (non-hydrogen) atoms. The van der Waals surface area contributed by atoms with Gasteiger partial charge < -0.3 is 15.1 Å².